The van der Waals surface area contributed by atoms with E-state index in [-0.39, 0.29) is 5.56 Å². The van der Waals surface area contributed by atoms with Crippen molar-refractivity contribution in [3.8, 4) is 0 Å². The molecule has 0 radical (unpaired) electrons. The van der Waals surface area contributed by atoms with Crippen molar-refractivity contribution in [1.29, 1.82) is 0 Å². The van der Waals surface area contributed by atoms with E-state index >= 15 is 0 Å². The lowest BCUT2D eigenvalue weighted by Gasteiger charge is -2.05. The summed E-state index contributed by atoms with van der Waals surface area (Å²) in [6.45, 7) is 0. The molecule has 0 saturated heterocycles. The molecular weight excluding hydrogens is 202 g/mol. The van der Waals surface area contributed by atoms with Gasteiger partial charge < -0.3 is 9.55 Å². The molecule has 2 aliphatic rings. The largest absolute Gasteiger partial charge is 0.327 e. The van der Waals surface area contributed by atoms with Gasteiger partial charge in [-0.2, -0.15) is 0 Å². The Morgan fingerprint density at radius 3 is 2.81 bits per heavy atom. The highest BCUT2D eigenvalue weighted by atomic mass is 16.1. The first-order chi connectivity index (χ1) is 7.84. The van der Waals surface area contributed by atoms with E-state index in [1.807, 2.05) is 6.07 Å². The molecule has 0 bridgehead atoms. The SMILES string of the molecule is O=c1[nH]ccc2c1nc(C1CC1)n2C1CC1. The third-order valence-electron chi connectivity index (χ3n) is 3.50. The van der Waals surface area contributed by atoms with Gasteiger partial charge in [0.1, 0.15) is 5.82 Å². The van der Waals surface area contributed by atoms with Crippen LogP contribution in [0, 0.1) is 0 Å². The number of aromatic nitrogens is 3. The van der Waals surface area contributed by atoms with Crippen molar-refractivity contribution in [1.82, 2.24) is 14.5 Å². The molecule has 2 aliphatic carbocycles. The number of hydrogen-bond donors (Lipinski definition) is 1. The number of hydrogen-bond acceptors (Lipinski definition) is 2. The van der Waals surface area contributed by atoms with Crippen molar-refractivity contribution in [3.63, 3.8) is 0 Å². The second-order valence-electron chi connectivity index (χ2n) is 4.89. The van der Waals surface area contributed by atoms with Gasteiger partial charge in [-0.1, -0.05) is 0 Å². The van der Waals surface area contributed by atoms with E-state index in [1.54, 1.807) is 6.20 Å². The fourth-order valence-electron chi connectivity index (χ4n) is 2.40. The van der Waals surface area contributed by atoms with Crippen LogP contribution in [-0.2, 0) is 0 Å². The number of imidazole rings is 1. The Morgan fingerprint density at radius 2 is 2.12 bits per heavy atom. The maximum Gasteiger partial charge on any atom is 0.276 e. The van der Waals surface area contributed by atoms with Gasteiger partial charge >= 0.3 is 0 Å². The summed E-state index contributed by atoms with van der Waals surface area (Å²) in [5.74, 6) is 1.75. The zero-order chi connectivity index (χ0) is 10.7. The summed E-state index contributed by atoms with van der Waals surface area (Å²) < 4.78 is 2.31. The number of rotatable bonds is 2. The van der Waals surface area contributed by atoms with Crippen LogP contribution in [0.2, 0.25) is 0 Å². The van der Waals surface area contributed by atoms with Gasteiger partial charge in [-0.25, -0.2) is 4.98 Å². The molecule has 4 heteroatoms. The topological polar surface area (TPSA) is 50.7 Å². The van der Waals surface area contributed by atoms with Crippen molar-refractivity contribution in [3.05, 3.63) is 28.4 Å². The van der Waals surface area contributed by atoms with Crippen molar-refractivity contribution in [2.45, 2.75) is 37.6 Å². The maximum absolute atomic E-state index is 11.7. The number of fused-ring (bicyclic) bond motifs is 1. The second kappa shape index (κ2) is 2.75. The molecule has 0 spiro atoms. The van der Waals surface area contributed by atoms with Crippen molar-refractivity contribution in [2.75, 3.05) is 0 Å². The minimum atomic E-state index is -0.0567. The van der Waals surface area contributed by atoms with Crippen LogP contribution in [0.3, 0.4) is 0 Å². The van der Waals surface area contributed by atoms with Gasteiger partial charge in [0.2, 0.25) is 0 Å². The average molecular weight is 215 g/mol. The van der Waals surface area contributed by atoms with E-state index < -0.39 is 0 Å². The summed E-state index contributed by atoms with van der Waals surface area (Å²) in [5.41, 5.74) is 1.59. The number of H-pyrrole nitrogens is 1. The van der Waals surface area contributed by atoms with Gasteiger partial charge in [0.15, 0.2) is 5.52 Å². The second-order valence-corrected chi connectivity index (χ2v) is 4.89. The van der Waals surface area contributed by atoms with E-state index in [1.165, 1.54) is 25.7 Å². The fraction of sp³-hybridized carbons (Fsp3) is 0.500. The summed E-state index contributed by atoms with van der Waals surface area (Å²) in [6.07, 6.45) is 6.65. The first-order valence-electron chi connectivity index (χ1n) is 5.94. The highest BCUT2D eigenvalue weighted by molar-refractivity contribution is 5.75. The van der Waals surface area contributed by atoms with Crippen LogP contribution in [0.5, 0.6) is 0 Å². The van der Waals surface area contributed by atoms with E-state index in [0.717, 1.165) is 11.3 Å². The lowest BCUT2D eigenvalue weighted by molar-refractivity contribution is 0.703. The Hall–Kier alpha value is -1.58. The van der Waals surface area contributed by atoms with Crippen LogP contribution in [0.25, 0.3) is 11.0 Å². The van der Waals surface area contributed by atoms with Crippen LogP contribution in [-0.4, -0.2) is 14.5 Å². The monoisotopic (exact) mass is 215 g/mol. The van der Waals surface area contributed by atoms with Gasteiger partial charge in [-0.3, -0.25) is 4.79 Å². The molecule has 4 nitrogen and oxygen atoms in total. The molecule has 4 rings (SSSR count). The van der Waals surface area contributed by atoms with Crippen LogP contribution >= 0.6 is 0 Å². The zero-order valence-corrected chi connectivity index (χ0v) is 8.94. The highest BCUT2D eigenvalue weighted by Gasteiger charge is 2.35. The lowest BCUT2D eigenvalue weighted by Crippen LogP contribution is -2.04. The third-order valence-corrected chi connectivity index (χ3v) is 3.50. The predicted octanol–water partition coefficient (Wildman–Crippen LogP) is 1.94. The van der Waals surface area contributed by atoms with E-state index in [0.29, 0.717) is 17.5 Å². The van der Waals surface area contributed by atoms with Gasteiger partial charge in [-0.15, -0.1) is 0 Å². The molecular formula is C12H13N3O. The zero-order valence-electron chi connectivity index (χ0n) is 8.94. The highest BCUT2D eigenvalue weighted by Crippen LogP contribution is 2.45. The van der Waals surface area contributed by atoms with Gasteiger partial charge in [0.25, 0.3) is 5.56 Å². The van der Waals surface area contributed by atoms with E-state index in [2.05, 4.69) is 14.5 Å². The average Bonchev–Trinajstić information content (AvgIpc) is 3.16. The number of pyridine rings is 1. The Balaban J connectivity index is 2.08. The van der Waals surface area contributed by atoms with Gasteiger partial charge in [0, 0.05) is 18.2 Å². The van der Waals surface area contributed by atoms with E-state index in [4.69, 9.17) is 0 Å². The summed E-state index contributed by atoms with van der Waals surface area (Å²) in [6, 6.07) is 2.58. The van der Waals surface area contributed by atoms with Gasteiger partial charge in [0.05, 0.1) is 5.52 Å². The molecule has 0 aliphatic heterocycles. The smallest absolute Gasteiger partial charge is 0.276 e. The molecule has 2 saturated carbocycles. The predicted molar refractivity (Wildman–Crippen MR) is 60.6 cm³/mol. The van der Waals surface area contributed by atoms with Crippen LogP contribution < -0.4 is 5.56 Å². The standard InChI is InChI=1S/C12H13N3O/c16-12-10-9(5-6-13-12)15(8-3-4-8)11(14-10)7-1-2-7/h5-8H,1-4H2,(H,13,16). The number of nitrogens with one attached hydrogen (secondary N) is 1. The van der Waals surface area contributed by atoms with Gasteiger partial charge in [-0.05, 0) is 31.7 Å². The normalized spacial score (nSPS) is 20.5. The Morgan fingerprint density at radius 1 is 1.31 bits per heavy atom. The Kier molecular flexibility index (Phi) is 1.47. The van der Waals surface area contributed by atoms with Crippen LogP contribution in [0.1, 0.15) is 43.5 Å². The summed E-state index contributed by atoms with van der Waals surface area (Å²) >= 11 is 0. The Bertz CT molecular complexity index is 617. The van der Waals surface area contributed by atoms with Crippen LogP contribution in [0.15, 0.2) is 17.1 Å². The molecule has 82 valence electrons. The van der Waals surface area contributed by atoms with E-state index in [9.17, 15) is 4.79 Å². The molecule has 2 heterocycles. The molecule has 2 fully saturated rings. The fourth-order valence-corrected chi connectivity index (χ4v) is 2.40. The summed E-state index contributed by atoms with van der Waals surface area (Å²) in [5, 5.41) is 0. The minimum absolute atomic E-state index is 0.0567. The Labute approximate surface area is 92.3 Å². The third kappa shape index (κ3) is 1.10. The lowest BCUT2D eigenvalue weighted by atomic mass is 10.3. The number of nitrogens with zero attached hydrogens (tertiary/aromatic N) is 2. The number of aromatic amines is 1. The molecule has 16 heavy (non-hydrogen) atoms. The van der Waals surface area contributed by atoms with Crippen molar-refractivity contribution < 1.29 is 0 Å². The molecule has 2 aromatic heterocycles. The molecule has 0 unspecified atom stereocenters. The molecule has 0 amide bonds. The molecule has 2 aromatic rings. The maximum atomic E-state index is 11.7. The summed E-state index contributed by atoms with van der Waals surface area (Å²) in [4.78, 5) is 19.0. The first-order valence-corrected chi connectivity index (χ1v) is 5.94. The van der Waals surface area contributed by atoms with Crippen molar-refractivity contribution in [2.24, 2.45) is 0 Å². The molecule has 0 atom stereocenters. The molecule has 0 aromatic carbocycles. The first kappa shape index (κ1) is 8.56. The minimum Gasteiger partial charge on any atom is -0.327 e. The van der Waals surface area contributed by atoms with Crippen molar-refractivity contribution >= 4 is 11.0 Å². The summed E-state index contributed by atoms with van der Waals surface area (Å²) in [7, 11) is 0. The molecule has 1 N–H and O–H groups in total. The van der Waals surface area contributed by atoms with Crippen LogP contribution in [0.4, 0.5) is 0 Å². The quantitative estimate of drug-likeness (QED) is 0.832.